The average Bonchev–Trinajstić information content (AvgIpc) is 3.52. The van der Waals surface area contributed by atoms with E-state index < -0.39 is 23.3 Å². The molecule has 0 saturated carbocycles. The Morgan fingerprint density at radius 2 is 1.64 bits per heavy atom. The highest BCUT2D eigenvalue weighted by molar-refractivity contribution is 7.14. The van der Waals surface area contributed by atoms with E-state index in [0.717, 1.165) is 42.6 Å². The molecule has 4 aliphatic rings. The van der Waals surface area contributed by atoms with Gasteiger partial charge in [-0.15, -0.1) is 11.3 Å². The number of nitrogens with one attached hydrogen (secondary N) is 1. The quantitative estimate of drug-likeness (QED) is 0.343. The van der Waals surface area contributed by atoms with Gasteiger partial charge in [-0.3, -0.25) is 14.9 Å². The van der Waals surface area contributed by atoms with Gasteiger partial charge < -0.3 is 25.3 Å². The third kappa shape index (κ3) is 7.67. The van der Waals surface area contributed by atoms with Crippen LogP contribution >= 0.6 is 22.9 Å². The second-order valence-electron chi connectivity index (χ2n) is 13.2. The number of carbonyl (C=O) groups excluding carboxylic acids is 3. The molecule has 5 heterocycles. The number of nitrogens with zero attached hydrogens (tertiary/aromatic N) is 4. The van der Waals surface area contributed by atoms with E-state index in [-0.39, 0.29) is 47.3 Å². The lowest BCUT2D eigenvalue weighted by molar-refractivity contribution is -0.143. The van der Waals surface area contributed by atoms with Crippen LogP contribution in [0.4, 0.5) is 28.7 Å². The summed E-state index contributed by atoms with van der Waals surface area (Å²) in [4.78, 5) is 48.3. The minimum Gasteiger partial charge on any atom is -0.397 e. The number of fused-ring (bicyclic) bond motifs is 1. The van der Waals surface area contributed by atoms with E-state index in [1.54, 1.807) is 9.80 Å². The SMILES string of the molecule is Nc1c(Cl)cc(C[C@@H](CC(=O)N2CCC(N3Cc4ccsc4NC3=O)CC2)C(=O)N2CCC(N3CCCCC3)CC2)cc1C(F)(F)F. The number of thiophene rings is 1. The Morgan fingerprint density at radius 3 is 2.32 bits per heavy atom. The monoisotopic (exact) mass is 694 g/mol. The van der Waals surface area contributed by atoms with Gasteiger partial charge >= 0.3 is 12.2 Å². The third-order valence-corrected chi connectivity index (χ3v) is 11.4. The molecular weight excluding hydrogens is 653 g/mol. The molecule has 2 aromatic rings. The fourth-order valence-corrected chi connectivity index (χ4v) is 8.65. The number of alkyl halides is 3. The normalized spacial score (nSPS) is 21.0. The Hall–Kier alpha value is -3.03. The summed E-state index contributed by atoms with van der Waals surface area (Å²) in [6, 6.07) is 4.57. The Kier molecular flexibility index (Phi) is 10.2. The molecule has 3 fully saturated rings. The number of benzene rings is 1. The molecule has 3 saturated heterocycles. The summed E-state index contributed by atoms with van der Waals surface area (Å²) in [5.41, 5.74) is 5.36. The largest absolute Gasteiger partial charge is 0.418 e. The van der Waals surface area contributed by atoms with Crippen LogP contribution in [0.1, 0.15) is 68.1 Å². The summed E-state index contributed by atoms with van der Waals surface area (Å²) in [5, 5.41) is 5.54. The molecule has 6 rings (SSSR count). The molecule has 1 atom stereocenters. The first-order valence-corrected chi connectivity index (χ1v) is 17.8. The van der Waals surface area contributed by atoms with Gasteiger partial charge in [0.25, 0.3) is 0 Å². The van der Waals surface area contributed by atoms with Gasteiger partial charge in [0, 0.05) is 50.2 Å². The summed E-state index contributed by atoms with van der Waals surface area (Å²) in [6.45, 7) is 4.63. The molecule has 256 valence electrons. The number of nitrogen functional groups attached to an aromatic ring is 1. The van der Waals surface area contributed by atoms with Crippen LogP contribution in [0.3, 0.4) is 0 Å². The first-order chi connectivity index (χ1) is 22.5. The van der Waals surface area contributed by atoms with Crippen LogP contribution in [-0.2, 0) is 28.7 Å². The minimum absolute atomic E-state index is 0.0246. The number of likely N-dealkylation sites (tertiary alicyclic amines) is 3. The number of carbonyl (C=O) groups is 3. The molecule has 47 heavy (non-hydrogen) atoms. The van der Waals surface area contributed by atoms with Gasteiger partial charge in [0.15, 0.2) is 0 Å². The zero-order valence-electron chi connectivity index (χ0n) is 26.4. The van der Waals surface area contributed by atoms with Gasteiger partial charge in [0.2, 0.25) is 11.8 Å². The van der Waals surface area contributed by atoms with Crippen LogP contribution in [-0.4, -0.2) is 88.8 Å². The number of hydrogen-bond donors (Lipinski definition) is 2. The van der Waals surface area contributed by atoms with Gasteiger partial charge in [-0.1, -0.05) is 18.0 Å². The van der Waals surface area contributed by atoms with E-state index >= 15 is 0 Å². The summed E-state index contributed by atoms with van der Waals surface area (Å²) in [6.07, 6.45) is 1.59. The van der Waals surface area contributed by atoms with Crippen molar-refractivity contribution in [3.8, 4) is 0 Å². The average molecular weight is 695 g/mol. The highest BCUT2D eigenvalue weighted by Crippen LogP contribution is 2.39. The van der Waals surface area contributed by atoms with Crippen LogP contribution in [0, 0.1) is 5.92 Å². The number of rotatable bonds is 7. The van der Waals surface area contributed by atoms with E-state index in [1.165, 1.54) is 36.7 Å². The number of urea groups is 1. The number of anilines is 2. The lowest BCUT2D eigenvalue weighted by atomic mass is 9.91. The number of hydrogen-bond acceptors (Lipinski definition) is 6. The number of piperidine rings is 3. The van der Waals surface area contributed by atoms with E-state index in [1.807, 2.05) is 16.3 Å². The second-order valence-corrected chi connectivity index (χ2v) is 14.6. The zero-order valence-corrected chi connectivity index (χ0v) is 27.9. The molecule has 9 nitrogen and oxygen atoms in total. The topological polar surface area (TPSA) is 102 Å². The van der Waals surface area contributed by atoms with Crippen molar-refractivity contribution in [1.82, 2.24) is 19.6 Å². The Morgan fingerprint density at radius 1 is 0.979 bits per heavy atom. The molecule has 3 N–H and O–H groups in total. The minimum atomic E-state index is -4.71. The van der Waals surface area contributed by atoms with Crippen molar-refractivity contribution in [2.24, 2.45) is 5.92 Å². The van der Waals surface area contributed by atoms with Crippen LogP contribution in [0.2, 0.25) is 5.02 Å². The maximum absolute atomic E-state index is 14.0. The smallest absolute Gasteiger partial charge is 0.397 e. The molecule has 0 bridgehead atoms. The van der Waals surface area contributed by atoms with Gasteiger partial charge in [0.1, 0.15) is 5.00 Å². The lowest BCUT2D eigenvalue weighted by Crippen LogP contribution is -2.52. The summed E-state index contributed by atoms with van der Waals surface area (Å²) in [5.74, 6) is -1.29. The molecule has 0 unspecified atom stereocenters. The lowest BCUT2D eigenvalue weighted by Gasteiger charge is -2.41. The van der Waals surface area contributed by atoms with Gasteiger partial charge in [0.05, 0.1) is 28.7 Å². The number of halogens is 4. The Bertz CT molecular complexity index is 1470. The first-order valence-electron chi connectivity index (χ1n) is 16.6. The van der Waals surface area contributed by atoms with Crippen molar-refractivity contribution in [3.63, 3.8) is 0 Å². The summed E-state index contributed by atoms with van der Waals surface area (Å²) in [7, 11) is 0. The van der Waals surface area contributed by atoms with Crippen LogP contribution in [0.15, 0.2) is 23.6 Å². The van der Waals surface area contributed by atoms with E-state index in [4.69, 9.17) is 17.3 Å². The van der Waals surface area contributed by atoms with E-state index in [9.17, 15) is 27.6 Å². The summed E-state index contributed by atoms with van der Waals surface area (Å²) < 4.78 is 41.3. The fourth-order valence-electron chi connectivity index (χ4n) is 7.61. The molecule has 1 aromatic heterocycles. The van der Waals surface area contributed by atoms with Crippen molar-refractivity contribution in [1.29, 1.82) is 0 Å². The third-order valence-electron chi connectivity index (χ3n) is 10.3. The fraction of sp³-hybridized carbons (Fsp3) is 0.606. The van der Waals surface area contributed by atoms with Gasteiger partial charge in [-0.05, 0) is 87.2 Å². The standard InChI is InChI=1S/C33H42ClF3N6O3S/c34-27-18-21(17-26(29(27)38)33(35,36)37)16-23(31(45)42-13-4-24(5-14-42)40-9-2-1-3-10-40)19-28(44)41-11-6-25(7-12-41)43-20-22-8-15-47-30(22)39-32(43)46/h8,15,17-18,23-25H,1-7,9-14,16,19-20,38H2,(H,39,46)/t23-/m0/s1. The zero-order chi connectivity index (χ0) is 33.3. The predicted octanol–water partition coefficient (Wildman–Crippen LogP) is 6.07. The molecule has 0 spiro atoms. The van der Waals surface area contributed by atoms with Gasteiger partial charge in [-0.25, -0.2) is 4.79 Å². The highest BCUT2D eigenvalue weighted by atomic mass is 35.5. The number of nitrogens with two attached hydrogens (primary N) is 1. The highest BCUT2D eigenvalue weighted by Gasteiger charge is 2.38. The summed E-state index contributed by atoms with van der Waals surface area (Å²) >= 11 is 7.63. The van der Waals surface area contributed by atoms with Crippen molar-refractivity contribution in [2.45, 2.75) is 82.6 Å². The number of amides is 4. The Balaban J connectivity index is 1.13. The Labute approximate surface area is 282 Å². The van der Waals surface area contributed by atoms with Crippen LogP contribution < -0.4 is 11.1 Å². The molecule has 4 aliphatic heterocycles. The first kappa shape index (κ1) is 33.9. The molecule has 0 radical (unpaired) electrons. The van der Waals surface area contributed by atoms with Crippen molar-refractivity contribution in [2.75, 3.05) is 50.3 Å². The molecular formula is C33H42ClF3N6O3S. The molecule has 1 aromatic carbocycles. The van der Waals surface area contributed by atoms with Crippen LogP contribution in [0.25, 0.3) is 0 Å². The van der Waals surface area contributed by atoms with Gasteiger partial charge in [-0.2, -0.15) is 13.2 Å². The molecule has 14 heteroatoms. The predicted molar refractivity (Wildman–Crippen MR) is 176 cm³/mol. The molecule has 0 aliphatic carbocycles. The molecule has 4 amide bonds. The van der Waals surface area contributed by atoms with Crippen molar-refractivity contribution >= 4 is 51.5 Å². The maximum Gasteiger partial charge on any atom is 0.418 e. The van der Waals surface area contributed by atoms with E-state index in [0.29, 0.717) is 51.6 Å². The van der Waals surface area contributed by atoms with Crippen LogP contribution in [0.5, 0.6) is 0 Å². The van der Waals surface area contributed by atoms with Crippen molar-refractivity contribution in [3.05, 3.63) is 45.3 Å². The maximum atomic E-state index is 14.0. The van der Waals surface area contributed by atoms with E-state index in [2.05, 4.69) is 10.2 Å². The van der Waals surface area contributed by atoms with Crippen molar-refractivity contribution < 1.29 is 27.6 Å². The second kappa shape index (κ2) is 14.2.